The monoisotopic (exact) mass is 341 g/mol. The number of piperidine rings is 2. The van der Waals surface area contributed by atoms with Crippen LogP contribution in [0, 0.1) is 5.41 Å². The summed E-state index contributed by atoms with van der Waals surface area (Å²) < 4.78 is 0. The van der Waals surface area contributed by atoms with E-state index in [1.54, 1.807) is 6.20 Å². The van der Waals surface area contributed by atoms with Crippen molar-refractivity contribution in [3.63, 3.8) is 0 Å². The molecule has 3 rings (SSSR count). The summed E-state index contributed by atoms with van der Waals surface area (Å²) in [5, 5.41) is 0. The average molecular weight is 341 g/mol. The van der Waals surface area contributed by atoms with Crippen LogP contribution in [-0.4, -0.2) is 46.2 Å². The van der Waals surface area contributed by atoms with Gasteiger partial charge in [-0.25, -0.2) is 0 Å². The average Bonchev–Trinajstić information content (AvgIpc) is 2.64. The van der Waals surface area contributed by atoms with Gasteiger partial charge in [-0.05, 0) is 37.8 Å². The Balaban J connectivity index is 1.68. The van der Waals surface area contributed by atoms with E-state index in [2.05, 4.69) is 4.98 Å². The summed E-state index contributed by atoms with van der Waals surface area (Å²) in [5.41, 5.74) is 1.12. The molecule has 0 aromatic carbocycles. The zero-order chi connectivity index (χ0) is 17.7. The van der Waals surface area contributed by atoms with Crippen LogP contribution in [0.2, 0.25) is 0 Å². The minimum atomic E-state index is 0.0555. The van der Waals surface area contributed by atoms with Gasteiger partial charge in [0.2, 0.25) is 11.8 Å². The van der Waals surface area contributed by atoms with E-state index >= 15 is 0 Å². The first-order chi connectivity index (χ1) is 12.1. The minimum absolute atomic E-state index is 0.0555. The van der Waals surface area contributed by atoms with Crippen molar-refractivity contribution in [2.24, 2.45) is 5.41 Å². The molecule has 0 bridgehead atoms. The van der Waals surface area contributed by atoms with Gasteiger partial charge in [-0.15, -0.1) is 0 Å². The van der Waals surface area contributed by atoms with Crippen LogP contribution in [0.4, 0.5) is 0 Å². The molecule has 5 heteroatoms. The van der Waals surface area contributed by atoms with Crippen LogP contribution >= 0.6 is 0 Å². The number of rotatable bonds is 4. The van der Waals surface area contributed by atoms with E-state index in [9.17, 15) is 9.59 Å². The molecule has 134 valence electrons. The molecule has 3 heterocycles. The smallest absolute Gasteiger partial charge is 0.226 e. The van der Waals surface area contributed by atoms with Crippen molar-refractivity contribution in [3.8, 4) is 0 Å². The zero-order valence-electron chi connectivity index (χ0n) is 15.0. The summed E-state index contributed by atoms with van der Waals surface area (Å²) in [6.07, 6.45) is 11.5. The van der Waals surface area contributed by atoms with Gasteiger partial charge in [0.25, 0.3) is 0 Å². The summed E-state index contributed by atoms with van der Waals surface area (Å²) >= 11 is 0. The number of hydrogen-bond acceptors (Lipinski definition) is 3. The van der Waals surface area contributed by atoms with Crippen LogP contribution in [0.1, 0.15) is 44.6 Å². The maximum atomic E-state index is 12.4. The lowest BCUT2D eigenvalue weighted by atomic mass is 9.73. The molecule has 5 nitrogen and oxygen atoms in total. The van der Waals surface area contributed by atoms with Gasteiger partial charge in [-0.2, -0.15) is 0 Å². The first-order valence-electron chi connectivity index (χ1n) is 9.17. The fourth-order valence-electron chi connectivity index (χ4n) is 4.06. The van der Waals surface area contributed by atoms with Crippen molar-refractivity contribution in [2.75, 3.05) is 19.6 Å². The molecule has 1 atom stereocenters. The standard InChI is InChI=1S/C20H27N3O2/c1-2-3-7-18(24)22-12-5-9-20(15-22)10-8-19(25)23(16-20)14-17-6-4-11-21-13-17/h2-4,6,11,13H,5,7-10,12,14-16H2,1H3/b3-2+/t20-/m1/s1. The Hall–Kier alpha value is -2.17. The maximum absolute atomic E-state index is 12.4. The van der Waals surface area contributed by atoms with Crippen LogP contribution in [0.15, 0.2) is 36.7 Å². The van der Waals surface area contributed by atoms with Gasteiger partial charge >= 0.3 is 0 Å². The molecule has 2 aliphatic heterocycles. The highest BCUT2D eigenvalue weighted by molar-refractivity contribution is 5.78. The molecule has 1 aromatic rings. The molecule has 0 unspecified atom stereocenters. The van der Waals surface area contributed by atoms with Gasteiger partial charge in [0.1, 0.15) is 0 Å². The molecule has 1 aromatic heterocycles. The van der Waals surface area contributed by atoms with Crippen LogP contribution < -0.4 is 0 Å². The van der Waals surface area contributed by atoms with Crippen molar-refractivity contribution < 1.29 is 9.59 Å². The van der Waals surface area contributed by atoms with Crippen LogP contribution in [0.25, 0.3) is 0 Å². The largest absolute Gasteiger partial charge is 0.342 e. The fourth-order valence-corrected chi connectivity index (χ4v) is 4.06. The first-order valence-corrected chi connectivity index (χ1v) is 9.17. The molecule has 2 saturated heterocycles. The highest BCUT2D eigenvalue weighted by atomic mass is 16.2. The fraction of sp³-hybridized carbons (Fsp3) is 0.550. The third-order valence-electron chi connectivity index (χ3n) is 5.39. The second kappa shape index (κ2) is 7.81. The third kappa shape index (κ3) is 4.27. The predicted molar refractivity (Wildman–Crippen MR) is 96.6 cm³/mol. The van der Waals surface area contributed by atoms with Crippen molar-refractivity contribution in [3.05, 3.63) is 42.2 Å². The molecule has 0 radical (unpaired) electrons. The van der Waals surface area contributed by atoms with Gasteiger partial charge in [0.05, 0.1) is 0 Å². The van der Waals surface area contributed by atoms with Crippen molar-refractivity contribution >= 4 is 11.8 Å². The van der Waals surface area contributed by atoms with E-state index in [0.717, 1.165) is 44.5 Å². The second-order valence-electron chi connectivity index (χ2n) is 7.30. The van der Waals surface area contributed by atoms with E-state index < -0.39 is 0 Å². The number of allylic oxidation sites excluding steroid dienone is 1. The molecule has 2 fully saturated rings. The number of carbonyl (C=O) groups excluding carboxylic acids is 2. The van der Waals surface area contributed by atoms with Gasteiger partial charge in [-0.3, -0.25) is 14.6 Å². The van der Waals surface area contributed by atoms with E-state index in [0.29, 0.717) is 19.4 Å². The minimum Gasteiger partial charge on any atom is -0.342 e. The molecule has 2 amide bonds. The zero-order valence-corrected chi connectivity index (χ0v) is 15.0. The van der Waals surface area contributed by atoms with Crippen LogP contribution in [0.3, 0.4) is 0 Å². The van der Waals surface area contributed by atoms with Crippen molar-refractivity contribution in [1.29, 1.82) is 0 Å². The number of nitrogens with zero attached hydrogens (tertiary/aromatic N) is 3. The summed E-state index contributed by atoms with van der Waals surface area (Å²) in [4.78, 5) is 32.9. The van der Waals surface area contributed by atoms with Crippen LogP contribution in [0.5, 0.6) is 0 Å². The van der Waals surface area contributed by atoms with E-state index in [-0.39, 0.29) is 17.2 Å². The number of carbonyl (C=O) groups is 2. The SMILES string of the molecule is C/C=C/CC(=O)N1CCC[C@@]2(CCC(=O)N(Cc3cccnc3)C2)C1. The Bertz CT molecular complexity index is 644. The third-order valence-corrected chi connectivity index (χ3v) is 5.39. The number of aromatic nitrogens is 1. The number of likely N-dealkylation sites (tertiary alicyclic amines) is 2. The van der Waals surface area contributed by atoms with E-state index in [4.69, 9.17) is 0 Å². The maximum Gasteiger partial charge on any atom is 0.226 e. The topological polar surface area (TPSA) is 53.5 Å². The Morgan fingerprint density at radius 2 is 2.24 bits per heavy atom. The highest BCUT2D eigenvalue weighted by Crippen LogP contribution is 2.39. The number of pyridine rings is 1. The molecule has 0 saturated carbocycles. The summed E-state index contributed by atoms with van der Waals surface area (Å²) in [6.45, 7) is 4.91. The molecular formula is C20H27N3O2. The molecule has 2 aliphatic rings. The summed E-state index contributed by atoms with van der Waals surface area (Å²) in [5.74, 6) is 0.416. The summed E-state index contributed by atoms with van der Waals surface area (Å²) in [6, 6.07) is 3.91. The molecular weight excluding hydrogens is 314 g/mol. The quantitative estimate of drug-likeness (QED) is 0.791. The van der Waals surface area contributed by atoms with E-state index in [1.807, 2.05) is 47.2 Å². The Labute approximate surface area is 149 Å². The first kappa shape index (κ1) is 17.6. The normalized spacial score (nSPS) is 24.3. The lowest BCUT2D eigenvalue weighted by Crippen LogP contribution is -2.54. The predicted octanol–water partition coefficient (Wildman–Crippen LogP) is 2.78. The highest BCUT2D eigenvalue weighted by Gasteiger charge is 2.42. The van der Waals surface area contributed by atoms with Crippen molar-refractivity contribution in [2.45, 2.75) is 45.6 Å². The molecule has 0 N–H and O–H groups in total. The van der Waals surface area contributed by atoms with Crippen molar-refractivity contribution in [1.82, 2.24) is 14.8 Å². The van der Waals surface area contributed by atoms with Gasteiger partial charge < -0.3 is 9.80 Å². The molecule has 1 spiro atoms. The van der Waals surface area contributed by atoms with Gasteiger partial charge in [0.15, 0.2) is 0 Å². The summed E-state index contributed by atoms with van der Waals surface area (Å²) in [7, 11) is 0. The molecule has 0 aliphatic carbocycles. The van der Waals surface area contributed by atoms with Gasteiger partial charge in [0, 0.05) is 56.8 Å². The molecule has 25 heavy (non-hydrogen) atoms. The number of amides is 2. The Morgan fingerprint density at radius 1 is 1.36 bits per heavy atom. The van der Waals surface area contributed by atoms with Gasteiger partial charge in [-0.1, -0.05) is 18.2 Å². The number of hydrogen-bond donors (Lipinski definition) is 0. The van der Waals surface area contributed by atoms with E-state index in [1.165, 1.54) is 0 Å². The second-order valence-corrected chi connectivity index (χ2v) is 7.30. The lowest BCUT2D eigenvalue weighted by Gasteiger charge is -2.48. The Kier molecular flexibility index (Phi) is 5.51. The lowest BCUT2D eigenvalue weighted by molar-refractivity contribution is -0.143. The van der Waals surface area contributed by atoms with Crippen LogP contribution in [-0.2, 0) is 16.1 Å². The Morgan fingerprint density at radius 3 is 3.00 bits per heavy atom.